The number of aliphatic hydroxyl groups excluding tert-OH is 2. The van der Waals surface area contributed by atoms with Crippen LogP contribution in [-0.4, -0.2) is 22.4 Å². The quantitative estimate of drug-likeness (QED) is 0.558. The van der Waals surface area contributed by atoms with E-state index in [2.05, 4.69) is 33.8 Å². The van der Waals surface area contributed by atoms with Crippen LogP contribution < -0.4 is 0 Å². The first kappa shape index (κ1) is 20.9. The van der Waals surface area contributed by atoms with Crippen LogP contribution in [0.5, 0.6) is 0 Å². The summed E-state index contributed by atoms with van der Waals surface area (Å²) in [5, 5.41) is 20.9. The van der Waals surface area contributed by atoms with Crippen molar-refractivity contribution in [1.29, 1.82) is 0 Å². The molecule has 0 spiro atoms. The van der Waals surface area contributed by atoms with Crippen molar-refractivity contribution in [3.8, 4) is 0 Å². The lowest BCUT2D eigenvalue weighted by Gasteiger charge is -2.58. The standard InChI is InChI=1S/C26H44O2/c1-17(2)5-8-20(27)15-19-7-10-23-22-9-6-18-16-21(28)11-13-25(18,3)24(22)12-14-26(19,23)4/h6,17,19-24,27-28H,5,7-16H2,1-4H3/t19-,20+,21+,22?,23?,24?,25+,26?/m1/s1. The van der Waals surface area contributed by atoms with Crippen LogP contribution in [0.3, 0.4) is 0 Å². The molecule has 2 nitrogen and oxygen atoms in total. The van der Waals surface area contributed by atoms with Gasteiger partial charge in [-0.3, -0.25) is 0 Å². The van der Waals surface area contributed by atoms with Crippen molar-refractivity contribution in [3.05, 3.63) is 11.6 Å². The molecule has 28 heavy (non-hydrogen) atoms. The van der Waals surface area contributed by atoms with Crippen molar-refractivity contribution in [2.24, 2.45) is 40.4 Å². The number of rotatable bonds is 5. The highest BCUT2D eigenvalue weighted by atomic mass is 16.3. The predicted molar refractivity (Wildman–Crippen MR) is 116 cm³/mol. The lowest BCUT2D eigenvalue weighted by atomic mass is 9.47. The molecule has 0 bridgehead atoms. The van der Waals surface area contributed by atoms with Crippen LogP contribution in [0.15, 0.2) is 11.6 Å². The first-order valence-corrected chi connectivity index (χ1v) is 12.3. The van der Waals surface area contributed by atoms with Crippen LogP contribution >= 0.6 is 0 Å². The van der Waals surface area contributed by atoms with E-state index in [0.29, 0.717) is 22.7 Å². The summed E-state index contributed by atoms with van der Waals surface area (Å²) in [6, 6.07) is 0. The second-order valence-corrected chi connectivity index (χ2v) is 11.8. The van der Waals surface area contributed by atoms with Gasteiger partial charge in [0.15, 0.2) is 0 Å². The van der Waals surface area contributed by atoms with Crippen molar-refractivity contribution in [1.82, 2.24) is 0 Å². The molecule has 0 aliphatic heterocycles. The van der Waals surface area contributed by atoms with Crippen LogP contribution in [0.2, 0.25) is 0 Å². The number of allylic oxidation sites excluding steroid dienone is 1. The molecule has 2 heteroatoms. The molecule has 0 aromatic rings. The molecule has 4 aliphatic carbocycles. The van der Waals surface area contributed by atoms with Crippen LogP contribution in [0.25, 0.3) is 0 Å². The summed E-state index contributed by atoms with van der Waals surface area (Å²) in [6.45, 7) is 9.62. The SMILES string of the molecule is CC(C)CC[C@H](O)C[C@H]1CCC2C3CC=C4C[C@@H](O)CC[C@]4(C)C3CCC21C. The summed E-state index contributed by atoms with van der Waals surface area (Å²) in [6.07, 6.45) is 15.3. The van der Waals surface area contributed by atoms with Gasteiger partial charge in [0.1, 0.15) is 0 Å². The van der Waals surface area contributed by atoms with E-state index >= 15 is 0 Å². The van der Waals surface area contributed by atoms with E-state index in [9.17, 15) is 10.2 Å². The summed E-state index contributed by atoms with van der Waals surface area (Å²) in [4.78, 5) is 0. The van der Waals surface area contributed by atoms with Gasteiger partial charge >= 0.3 is 0 Å². The molecule has 0 saturated heterocycles. The maximum atomic E-state index is 10.7. The average molecular weight is 389 g/mol. The lowest BCUT2D eigenvalue weighted by Crippen LogP contribution is -2.50. The lowest BCUT2D eigenvalue weighted by molar-refractivity contribution is -0.0557. The largest absolute Gasteiger partial charge is 0.393 e. The molecule has 0 aromatic heterocycles. The van der Waals surface area contributed by atoms with E-state index in [1.165, 1.54) is 38.5 Å². The zero-order valence-electron chi connectivity index (χ0n) is 18.8. The Kier molecular flexibility index (Phi) is 5.77. The number of hydrogen-bond acceptors (Lipinski definition) is 2. The topological polar surface area (TPSA) is 40.5 Å². The first-order valence-electron chi connectivity index (χ1n) is 12.3. The van der Waals surface area contributed by atoms with Gasteiger partial charge in [-0.2, -0.15) is 0 Å². The normalized spacial score (nSPS) is 46.5. The second-order valence-electron chi connectivity index (χ2n) is 11.8. The molecule has 0 heterocycles. The summed E-state index contributed by atoms with van der Waals surface area (Å²) in [7, 11) is 0. The third-order valence-corrected chi connectivity index (χ3v) is 9.91. The Morgan fingerprint density at radius 1 is 1.04 bits per heavy atom. The monoisotopic (exact) mass is 388 g/mol. The van der Waals surface area contributed by atoms with Gasteiger partial charge < -0.3 is 10.2 Å². The molecule has 3 fully saturated rings. The van der Waals surface area contributed by atoms with Crippen molar-refractivity contribution in [2.75, 3.05) is 0 Å². The summed E-state index contributed by atoms with van der Waals surface area (Å²) in [5.41, 5.74) is 2.36. The van der Waals surface area contributed by atoms with Gasteiger partial charge in [-0.25, -0.2) is 0 Å². The van der Waals surface area contributed by atoms with Crippen LogP contribution in [0.1, 0.15) is 98.3 Å². The molecule has 0 aromatic carbocycles. The fraction of sp³-hybridized carbons (Fsp3) is 0.923. The minimum atomic E-state index is -0.104. The summed E-state index contributed by atoms with van der Waals surface area (Å²) < 4.78 is 0. The van der Waals surface area contributed by atoms with E-state index in [0.717, 1.165) is 49.9 Å². The van der Waals surface area contributed by atoms with E-state index < -0.39 is 0 Å². The van der Waals surface area contributed by atoms with Crippen LogP contribution in [0.4, 0.5) is 0 Å². The zero-order valence-corrected chi connectivity index (χ0v) is 18.8. The zero-order chi connectivity index (χ0) is 20.1. The molecular formula is C26H44O2. The number of hydrogen-bond donors (Lipinski definition) is 2. The molecule has 3 saturated carbocycles. The van der Waals surface area contributed by atoms with Crippen LogP contribution in [0, 0.1) is 40.4 Å². The van der Waals surface area contributed by atoms with Crippen molar-refractivity contribution >= 4 is 0 Å². The molecular weight excluding hydrogens is 344 g/mol. The highest BCUT2D eigenvalue weighted by molar-refractivity contribution is 5.25. The smallest absolute Gasteiger partial charge is 0.0577 e. The molecule has 4 aliphatic rings. The van der Waals surface area contributed by atoms with Gasteiger partial charge in [-0.05, 0) is 111 Å². The molecule has 8 atom stereocenters. The predicted octanol–water partition coefficient (Wildman–Crippen LogP) is 6.11. The Hall–Kier alpha value is -0.340. The molecule has 4 unspecified atom stereocenters. The Morgan fingerprint density at radius 3 is 2.57 bits per heavy atom. The second kappa shape index (κ2) is 7.73. The molecule has 2 N–H and O–H groups in total. The molecule has 0 radical (unpaired) electrons. The van der Waals surface area contributed by atoms with E-state index in [1.54, 1.807) is 5.57 Å². The Morgan fingerprint density at radius 2 is 1.82 bits per heavy atom. The van der Waals surface area contributed by atoms with Crippen molar-refractivity contribution in [3.63, 3.8) is 0 Å². The summed E-state index contributed by atoms with van der Waals surface area (Å²) >= 11 is 0. The Labute approximate surface area is 173 Å². The van der Waals surface area contributed by atoms with Gasteiger partial charge in [0.25, 0.3) is 0 Å². The molecule has 4 rings (SSSR count). The Balaban J connectivity index is 1.48. The van der Waals surface area contributed by atoms with Gasteiger partial charge in [0.2, 0.25) is 0 Å². The highest BCUT2D eigenvalue weighted by Gasteiger charge is 2.58. The fourth-order valence-electron chi connectivity index (χ4n) is 8.11. The minimum absolute atomic E-state index is 0.101. The maximum Gasteiger partial charge on any atom is 0.0577 e. The van der Waals surface area contributed by atoms with E-state index in [1.807, 2.05) is 0 Å². The minimum Gasteiger partial charge on any atom is -0.393 e. The van der Waals surface area contributed by atoms with Crippen LogP contribution in [-0.2, 0) is 0 Å². The van der Waals surface area contributed by atoms with Gasteiger partial charge in [-0.1, -0.05) is 39.3 Å². The first-order chi connectivity index (χ1) is 13.2. The van der Waals surface area contributed by atoms with Gasteiger partial charge in [0.05, 0.1) is 12.2 Å². The third kappa shape index (κ3) is 3.51. The fourth-order valence-corrected chi connectivity index (χ4v) is 8.11. The summed E-state index contributed by atoms with van der Waals surface area (Å²) in [5.74, 6) is 3.90. The maximum absolute atomic E-state index is 10.7. The van der Waals surface area contributed by atoms with Crippen molar-refractivity contribution < 1.29 is 10.2 Å². The molecule has 160 valence electrons. The molecule has 0 amide bonds. The van der Waals surface area contributed by atoms with E-state index in [-0.39, 0.29) is 12.2 Å². The third-order valence-electron chi connectivity index (χ3n) is 9.91. The Bertz CT molecular complexity index is 595. The highest BCUT2D eigenvalue weighted by Crippen LogP contribution is 2.66. The van der Waals surface area contributed by atoms with Gasteiger partial charge in [0, 0.05) is 0 Å². The number of fused-ring (bicyclic) bond motifs is 5. The van der Waals surface area contributed by atoms with E-state index in [4.69, 9.17) is 0 Å². The average Bonchev–Trinajstić information content (AvgIpc) is 2.97. The van der Waals surface area contributed by atoms with Gasteiger partial charge in [-0.15, -0.1) is 0 Å². The van der Waals surface area contributed by atoms with Crippen molar-refractivity contribution in [2.45, 2.75) is 111 Å². The number of aliphatic hydroxyl groups is 2.